The van der Waals surface area contributed by atoms with Crippen LogP contribution in [0.25, 0.3) is 0 Å². The van der Waals surface area contributed by atoms with Crippen LogP contribution in [0.1, 0.15) is 43.8 Å². The van der Waals surface area contributed by atoms with Gasteiger partial charge in [-0.3, -0.25) is 20.4 Å². The molecule has 5 nitrogen and oxygen atoms in total. The fourth-order valence-corrected chi connectivity index (χ4v) is 3.56. The Labute approximate surface area is 126 Å². The van der Waals surface area contributed by atoms with Crippen molar-refractivity contribution in [3.05, 3.63) is 45.5 Å². The highest BCUT2D eigenvalue weighted by molar-refractivity contribution is 7.14. The van der Waals surface area contributed by atoms with E-state index in [1.165, 1.54) is 46.8 Å². The van der Waals surface area contributed by atoms with E-state index in [-0.39, 0.29) is 5.91 Å². The van der Waals surface area contributed by atoms with Crippen LogP contribution in [0.15, 0.2) is 29.1 Å². The van der Waals surface area contributed by atoms with Gasteiger partial charge in [-0.15, -0.1) is 11.3 Å². The van der Waals surface area contributed by atoms with Gasteiger partial charge in [0.15, 0.2) is 0 Å². The number of rotatable bonds is 2. The van der Waals surface area contributed by atoms with Crippen molar-refractivity contribution < 1.29 is 14.0 Å². The first-order valence-corrected chi connectivity index (χ1v) is 7.69. The van der Waals surface area contributed by atoms with Crippen molar-refractivity contribution in [3.8, 4) is 0 Å². The van der Waals surface area contributed by atoms with E-state index in [1.807, 2.05) is 6.07 Å². The first-order chi connectivity index (χ1) is 10.1. The molecule has 0 aliphatic heterocycles. The molecule has 21 heavy (non-hydrogen) atoms. The molecule has 2 amide bonds. The lowest BCUT2D eigenvalue weighted by atomic mass is 9.90. The molecule has 2 aromatic heterocycles. The summed E-state index contributed by atoms with van der Waals surface area (Å²) in [7, 11) is 0. The quantitative estimate of drug-likeness (QED) is 0.838. The van der Waals surface area contributed by atoms with Crippen LogP contribution in [0.2, 0.25) is 0 Å². The predicted molar refractivity (Wildman–Crippen MR) is 79.1 cm³/mol. The van der Waals surface area contributed by atoms with Crippen LogP contribution in [0.4, 0.5) is 0 Å². The fourth-order valence-electron chi connectivity index (χ4n) is 2.46. The zero-order valence-electron chi connectivity index (χ0n) is 11.6. The third-order valence-corrected chi connectivity index (χ3v) is 4.86. The SMILES string of the molecule is CC1CCc2sc(C(=O)NNC(=O)c3ccoc3)cc2C1. The lowest BCUT2D eigenvalue weighted by Gasteiger charge is -2.16. The molecule has 1 aliphatic carbocycles. The third kappa shape index (κ3) is 3.00. The maximum atomic E-state index is 12.1. The number of carbonyl (C=O) groups excluding carboxylic acids is 2. The van der Waals surface area contributed by atoms with Gasteiger partial charge in [-0.25, -0.2) is 0 Å². The minimum Gasteiger partial charge on any atom is -0.472 e. The average molecular weight is 304 g/mol. The Morgan fingerprint density at radius 1 is 1.33 bits per heavy atom. The Bertz CT molecular complexity index is 661. The summed E-state index contributed by atoms with van der Waals surface area (Å²) in [6.07, 6.45) is 5.97. The van der Waals surface area contributed by atoms with Gasteiger partial charge >= 0.3 is 0 Å². The molecule has 0 spiro atoms. The molecule has 3 rings (SSSR count). The standard InChI is InChI=1S/C15H16N2O3S/c1-9-2-3-12-11(6-9)7-13(21-12)15(19)17-16-14(18)10-4-5-20-8-10/h4-5,7-9H,2-3,6H2,1H3,(H,16,18)(H,17,19). The molecule has 1 aliphatic rings. The number of hydrogen-bond acceptors (Lipinski definition) is 4. The molecule has 0 fully saturated rings. The zero-order chi connectivity index (χ0) is 14.8. The van der Waals surface area contributed by atoms with Gasteiger partial charge in [0, 0.05) is 4.88 Å². The summed E-state index contributed by atoms with van der Waals surface area (Å²) >= 11 is 1.51. The lowest BCUT2D eigenvalue weighted by Crippen LogP contribution is -2.41. The number of carbonyl (C=O) groups is 2. The van der Waals surface area contributed by atoms with Gasteiger partial charge in [-0.2, -0.15) is 0 Å². The van der Waals surface area contributed by atoms with Gasteiger partial charge in [0.2, 0.25) is 0 Å². The highest BCUT2D eigenvalue weighted by atomic mass is 32.1. The van der Waals surface area contributed by atoms with Gasteiger partial charge in [0.25, 0.3) is 11.8 Å². The summed E-state index contributed by atoms with van der Waals surface area (Å²) in [5.41, 5.74) is 6.46. The molecule has 0 aromatic carbocycles. The maximum Gasteiger partial charge on any atom is 0.279 e. The van der Waals surface area contributed by atoms with Crippen molar-refractivity contribution in [1.29, 1.82) is 0 Å². The van der Waals surface area contributed by atoms with Gasteiger partial charge < -0.3 is 4.42 Å². The lowest BCUT2D eigenvalue weighted by molar-refractivity contribution is 0.0848. The van der Waals surface area contributed by atoms with Crippen LogP contribution in [0.3, 0.4) is 0 Å². The largest absolute Gasteiger partial charge is 0.472 e. The summed E-state index contributed by atoms with van der Waals surface area (Å²) in [5, 5.41) is 0. The van der Waals surface area contributed by atoms with Gasteiger partial charge in [-0.05, 0) is 42.9 Å². The number of hydrogen-bond donors (Lipinski definition) is 2. The van der Waals surface area contributed by atoms with E-state index in [4.69, 9.17) is 4.42 Å². The van der Waals surface area contributed by atoms with E-state index in [1.54, 1.807) is 0 Å². The van der Waals surface area contributed by atoms with Gasteiger partial charge in [-0.1, -0.05) is 6.92 Å². The molecule has 1 unspecified atom stereocenters. The molecule has 0 saturated heterocycles. The monoisotopic (exact) mass is 304 g/mol. The van der Waals surface area contributed by atoms with Crippen molar-refractivity contribution in [2.75, 3.05) is 0 Å². The molecule has 1 atom stereocenters. The normalized spacial score (nSPS) is 17.1. The third-order valence-electron chi connectivity index (χ3n) is 3.63. The minimum atomic E-state index is -0.396. The first-order valence-electron chi connectivity index (χ1n) is 6.88. The van der Waals surface area contributed by atoms with E-state index in [9.17, 15) is 9.59 Å². The Balaban J connectivity index is 1.62. The predicted octanol–water partition coefficient (Wildman–Crippen LogP) is 2.54. The van der Waals surface area contributed by atoms with Crippen LogP contribution in [-0.2, 0) is 12.8 Å². The van der Waals surface area contributed by atoms with E-state index >= 15 is 0 Å². The second-order valence-corrected chi connectivity index (χ2v) is 6.46. The van der Waals surface area contributed by atoms with Crippen molar-refractivity contribution in [2.24, 2.45) is 5.92 Å². The van der Waals surface area contributed by atoms with Gasteiger partial charge in [0.05, 0.1) is 16.7 Å². The van der Waals surface area contributed by atoms with E-state index in [0.29, 0.717) is 16.4 Å². The van der Waals surface area contributed by atoms with Crippen molar-refractivity contribution in [3.63, 3.8) is 0 Å². The number of thiophene rings is 1. The molecule has 6 heteroatoms. The molecule has 110 valence electrons. The topological polar surface area (TPSA) is 71.3 Å². The van der Waals surface area contributed by atoms with Crippen LogP contribution in [0.5, 0.6) is 0 Å². The van der Waals surface area contributed by atoms with Crippen LogP contribution >= 0.6 is 11.3 Å². The fraction of sp³-hybridized carbons (Fsp3) is 0.333. The van der Waals surface area contributed by atoms with Crippen molar-refractivity contribution in [1.82, 2.24) is 10.9 Å². The Kier molecular flexibility index (Phi) is 3.79. The number of aryl methyl sites for hydroxylation is 1. The molecule has 0 radical (unpaired) electrons. The minimum absolute atomic E-state index is 0.279. The summed E-state index contributed by atoms with van der Waals surface area (Å²) in [6, 6.07) is 3.47. The van der Waals surface area contributed by atoms with E-state index < -0.39 is 5.91 Å². The number of nitrogens with one attached hydrogen (secondary N) is 2. The summed E-state index contributed by atoms with van der Waals surface area (Å²) in [6.45, 7) is 2.23. The summed E-state index contributed by atoms with van der Waals surface area (Å²) in [5.74, 6) is -0.00487. The number of fused-ring (bicyclic) bond motifs is 1. The zero-order valence-corrected chi connectivity index (χ0v) is 12.5. The molecule has 0 bridgehead atoms. The van der Waals surface area contributed by atoms with Crippen molar-refractivity contribution >= 4 is 23.2 Å². The van der Waals surface area contributed by atoms with Crippen LogP contribution in [-0.4, -0.2) is 11.8 Å². The molecular formula is C15H16N2O3S. The number of hydrazine groups is 1. The van der Waals surface area contributed by atoms with Crippen LogP contribution < -0.4 is 10.9 Å². The smallest absolute Gasteiger partial charge is 0.279 e. The van der Waals surface area contributed by atoms with Crippen LogP contribution in [0, 0.1) is 5.92 Å². The molecule has 2 N–H and O–H groups in total. The Morgan fingerprint density at radius 3 is 2.90 bits per heavy atom. The summed E-state index contributed by atoms with van der Waals surface area (Å²) < 4.78 is 4.82. The number of amides is 2. The molecule has 0 saturated carbocycles. The van der Waals surface area contributed by atoms with Gasteiger partial charge in [0.1, 0.15) is 6.26 Å². The van der Waals surface area contributed by atoms with E-state index in [2.05, 4.69) is 17.8 Å². The first kappa shape index (κ1) is 13.9. The Morgan fingerprint density at radius 2 is 2.14 bits per heavy atom. The second-order valence-electron chi connectivity index (χ2n) is 5.33. The molecule has 2 heterocycles. The molecule has 2 aromatic rings. The van der Waals surface area contributed by atoms with Crippen molar-refractivity contribution in [2.45, 2.75) is 26.2 Å². The number of furan rings is 1. The highest BCUT2D eigenvalue weighted by Gasteiger charge is 2.21. The maximum absolute atomic E-state index is 12.1. The second kappa shape index (κ2) is 5.73. The molecular weight excluding hydrogens is 288 g/mol. The average Bonchev–Trinajstić information content (AvgIpc) is 3.12. The summed E-state index contributed by atoms with van der Waals surface area (Å²) in [4.78, 5) is 25.7. The van der Waals surface area contributed by atoms with E-state index in [0.717, 1.165) is 12.8 Å². The highest BCUT2D eigenvalue weighted by Crippen LogP contribution is 2.32. The Hall–Kier alpha value is -2.08.